The Bertz CT molecular complexity index is 1490. The predicted octanol–water partition coefficient (Wildman–Crippen LogP) is 6.78. The summed E-state index contributed by atoms with van der Waals surface area (Å²) in [6.45, 7) is -1.01. The van der Waals surface area contributed by atoms with E-state index in [1.54, 1.807) is 30.3 Å². The minimum Gasteiger partial charge on any atom is -0.388 e. The summed E-state index contributed by atoms with van der Waals surface area (Å²) >= 11 is 5.99. The topological polar surface area (TPSA) is 65.4 Å². The van der Waals surface area contributed by atoms with Gasteiger partial charge in [-0.05, 0) is 47.0 Å². The third-order valence-corrected chi connectivity index (χ3v) is 7.14. The van der Waals surface area contributed by atoms with Gasteiger partial charge < -0.3 is 10.2 Å². The van der Waals surface area contributed by atoms with Gasteiger partial charge in [0.1, 0.15) is 11.9 Å². The van der Waals surface area contributed by atoms with E-state index in [2.05, 4.69) is 10.3 Å². The van der Waals surface area contributed by atoms with Gasteiger partial charge >= 0.3 is 12.4 Å². The standard InChI is InChI=1S/C30H24ClF7N2O2/c31-23-11-12-25(39-17-23)27(16-19-7-3-1-4-8-19,21-13-22(29(33,34)35)15-24(32)14-21)40-18-26(41)28(42,30(36,37)38)20-9-5-2-6-10-20/h1-15,17,26,40-42H,16,18H2/t26?,27-,28?/m0/s1. The van der Waals surface area contributed by atoms with Crippen molar-refractivity contribution in [1.82, 2.24) is 10.3 Å². The van der Waals surface area contributed by atoms with Crippen molar-refractivity contribution < 1.29 is 40.9 Å². The Hall–Kier alpha value is -3.51. The van der Waals surface area contributed by atoms with Crippen LogP contribution in [0.5, 0.6) is 0 Å². The molecule has 12 heteroatoms. The van der Waals surface area contributed by atoms with E-state index in [1.165, 1.54) is 36.5 Å². The second-order valence-electron chi connectivity index (χ2n) is 9.68. The highest BCUT2D eigenvalue weighted by molar-refractivity contribution is 6.30. The van der Waals surface area contributed by atoms with E-state index in [-0.39, 0.29) is 22.7 Å². The number of rotatable bonds is 9. The maximum Gasteiger partial charge on any atom is 0.424 e. The molecule has 0 radical (unpaired) electrons. The van der Waals surface area contributed by atoms with Crippen molar-refractivity contribution in [2.24, 2.45) is 0 Å². The number of aromatic nitrogens is 1. The molecule has 1 aromatic heterocycles. The van der Waals surface area contributed by atoms with E-state index in [0.29, 0.717) is 17.7 Å². The maximum absolute atomic E-state index is 14.8. The van der Waals surface area contributed by atoms with Crippen LogP contribution in [0.1, 0.15) is 27.9 Å². The van der Waals surface area contributed by atoms with Crippen molar-refractivity contribution in [3.05, 3.63) is 136 Å². The molecule has 0 aliphatic heterocycles. The van der Waals surface area contributed by atoms with Crippen LogP contribution in [0.2, 0.25) is 5.02 Å². The molecule has 1 heterocycles. The molecule has 3 aromatic carbocycles. The van der Waals surface area contributed by atoms with Crippen LogP contribution in [0.25, 0.3) is 0 Å². The molecule has 0 spiro atoms. The van der Waals surface area contributed by atoms with Gasteiger partial charge in [0.25, 0.3) is 0 Å². The second kappa shape index (κ2) is 12.0. The molecule has 42 heavy (non-hydrogen) atoms. The number of benzene rings is 3. The Balaban J connectivity index is 1.91. The van der Waals surface area contributed by atoms with Gasteiger partial charge in [-0.3, -0.25) is 10.3 Å². The first kappa shape index (κ1) is 31.4. The molecule has 0 bridgehead atoms. The smallest absolute Gasteiger partial charge is 0.388 e. The fourth-order valence-electron chi connectivity index (χ4n) is 4.78. The fourth-order valence-corrected chi connectivity index (χ4v) is 4.89. The van der Waals surface area contributed by atoms with E-state index < -0.39 is 53.1 Å². The van der Waals surface area contributed by atoms with Gasteiger partial charge in [-0.15, -0.1) is 0 Å². The number of aliphatic hydroxyl groups excluding tert-OH is 1. The van der Waals surface area contributed by atoms with E-state index in [4.69, 9.17) is 11.6 Å². The van der Waals surface area contributed by atoms with Gasteiger partial charge in [0.05, 0.1) is 21.8 Å². The first-order valence-corrected chi connectivity index (χ1v) is 12.9. The van der Waals surface area contributed by atoms with Crippen molar-refractivity contribution in [1.29, 1.82) is 0 Å². The van der Waals surface area contributed by atoms with Gasteiger partial charge in [-0.2, -0.15) is 26.3 Å². The molecule has 4 aromatic rings. The Morgan fingerprint density at radius 1 is 0.786 bits per heavy atom. The van der Waals surface area contributed by atoms with Crippen LogP contribution in [-0.4, -0.2) is 34.0 Å². The molecular formula is C30H24ClF7N2O2. The summed E-state index contributed by atoms with van der Waals surface area (Å²) in [5.74, 6) is -1.26. The lowest BCUT2D eigenvalue weighted by Crippen LogP contribution is -2.58. The lowest BCUT2D eigenvalue weighted by atomic mass is 9.79. The highest BCUT2D eigenvalue weighted by atomic mass is 35.5. The zero-order valence-corrected chi connectivity index (χ0v) is 22.4. The Kier molecular flexibility index (Phi) is 8.98. The quantitative estimate of drug-likeness (QED) is 0.182. The van der Waals surface area contributed by atoms with E-state index in [1.807, 2.05) is 0 Å². The Morgan fingerprint density at radius 2 is 1.38 bits per heavy atom. The summed E-state index contributed by atoms with van der Waals surface area (Å²) in [6, 6.07) is 18.5. The number of alkyl halides is 6. The Labute approximate surface area is 241 Å². The zero-order chi connectivity index (χ0) is 30.8. The largest absolute Gasteiger partial charge is 0.424 e. The molecule has 0 saturated heterocycles. The number of nitrogens with zero attached hydrogens (tertiary/aromatic N) is 1. The van der Waals surface area contributed by atoms with Crippen molar-refractivity contribution >= 4 is 11.6 Å². The van der Waals surface area contributed by atoms with Crippen LogP contribution in [0.15, 0.2) is 97.2 Å². The van der Waals surface area contributed by atoms with Gasteiger partial charge in [-0.1, -0.05) is 72.3 Å². The molecule has 0 fully saturated rings. The van der Waals surface area contributed by atoms with E-state index >= 15 is 0 Å². The molecule has 222 valence electrons. The highest BCUT2D eigenvalue weighted by Gasteiger charge is 2.60. The first-order valence-electron chi connectivity index (χ1n) is 12.5. The van der Waals surface area contributed by atoms with Crippen LogP contribution >= 0.6 is 11.6 Å². The monoisotopic (exact) mass is 612 g/mol. The summed E-state index contributed by atoms with van der Waals surface area (Å²) < 4.78 is 99.0. The van der Waals surface area contributed by atoms with E-state index in [0.717, 1.165) is 18.2 Å². The number of pyridine rings is 1. The summed E-state index contributed by atoms with van der Waals surface area (Å²) in [5, 5.41) is 24.7. The molecule has 0 aliphatic rings. The van der Waals surface area contributed by atoms with Crippen molar-refractivity contribution in [2.45, 2.75) is 36.0 Å². The number of halogens is 8. The van der Waals surface area contributed by atoms with Crippen LogP contribution < -0.4 is 5.32 Å². The average Bonchev–Trinajstić information content (AvgIpc) is 2.94. The molecule has 3 N–H and O–H groups in total. The van der Waals surface area contributed by atoms with Crippen LogP contribution in [0.4, 0.5) is 30.7 Å². The van der Waals surface area contributed by atoms with Crippen LogP contribution in [-0.2, 0) is 23.7 Å². The molecule has 0 saturated carbocycles. The maximum atomic E-state index is 14.8. The SMILES string of the molecule is OC(CN[C@@](Cc1ccccc1)(c1cc(F)cc(C(F)(F)F)c1)c1ccc(Cl)cn1)C(O)(c1ccccc1)C(F)(F)F. The fraction of sp³-hybridized carbons (Fsp3) is 0.233. The number of aliphatic hydroxyl groups is 2. The van der Waals surface area contributed by atoms with Gasteiger partial charge in [0.15, 0.2) is 0 Å². The highest BCUT2D eigenvalue weighted by Crippen LogP contribution is 2.43. The number of nitrogens with one attached hydrogen (secondary N) is 1. The van der Waals surface area contributed by atoms with Crippen LogP contribution in [0.3, 0.4) is 0 Å². The second-order valence-corrected chi connectivity index (χ2v) is 10.1. The third-order valence-electron chi connectivity index (χ3n) is 6.92. The zero-order valence-electron chi connectivity index (χ0n) is 21.6. The lowest BCUT2D eigenvalue weighted by molar-refractivity contribution is -0.297. The van der Waals surface area contributed by atoms with Crippen LogP contribution in [0, 0.1) is 5.82 Å². The number of hydrogen-bond donors (Lipinski definition) is 3. The van der Waals surface area contributed by atoms with Gasteiger partial charge in [0.2, 0.25) is 5.60 Å². The molecule has 0 amide bonds. The summed E-state index contributed by atoms with van der Waals surface area (Å²) in [4.78, 5) is 4.23. The van der Waals surface area contributed by atoms with Gasteiger partial charge in [0, 0.05) is 19.2 Å². The normalized spacial score (nSPS) is 16.0. The van der Waals surface area contributed by atoms with Gasteiger partial charge in [-0.25, -0.2) is 4.39 Å². The average molecular weight is 613 g/mol. The van der Waals surface area contributed by atoms with E-state index in [9.17, 15) is 40.9 Å². The minimum absolute atomic E-state index is 0.0306. The van der Waals surface area contributed by atoms with Crippen molar-refractivity contribution in [3.8, 4) is 0 Å². The summed E-state index contributed by atoms with van der Waals surface area (Å²) in [6.07, 6.45) is -12.0. The molecule has 0 aliphatic carbocycles. The van der Waals surface area contributed by atoms with Crippen molar-refractivity contribution in [3.63, 3.8) is 0 Å². The Morgan fingerprint density at radius 3 is 1.93 bits per heavy atom. The minimum atomic E-state index is -5.36. The lowest BCUT2D eigenvalue weighted by Gasteiger charge is -2.40. The summed E-state index contributed by atoms with van der Waals surface area (Å²) in [5.41, 5.74) is -7.60. The third kappa shape index (κ3) is 6.44. The van der Waals surface area contributed by atoms with Crippen molar-refractivity contribution in [2.75, 3.05) is 6.54 Å². The summed E-state index contributed by atoms with van der Waals surface area (Å²) in [7, 11) is 0. The molecular weight excluding hydrogens is 589 g/mol. The molecule has 3 atom stereocenters. The first-order chi connectivity index (χ1) is 19.7. The number of hydrogen-bond acceptors (Lipinski definition) is 4. The predicted molar refractivity (Wildman–Crippen MR) is 142 cm³/mol. The molecule has 4 nitrogen and oxygen atoms in total. The molecule has 4 rings (SSSR count). The molecule has 2 unspecified atom stereocenters.